The van der Waals surface area contributed by atoms with Crippen LogP contribution in [0.4, 0.5) is 0 Å². The number of hydrogen-bond donors (Lipinski definition) is 2. The van der Waals surface area contributed by atoms with E-state index in [-0.39, 0.29) is 23.5 Å². The lowest BCUT2D eigenvalue weighted by Crippen LogP contribution is -2.43. The van der Waals surface area contributed by atoms with E-state index in [9.17, 15) is 13.2 Å². The van der Waals surface area contributed by atoms with Gasteiger partial charge in [-0.25, -0.2) is 18.1 Å². The molecule has 22 heavy (non-hydrogen) atoms. The van der Waals surface area contributed by atoms with Gasteiger partial charge in [-0.2, -0.15) is 0 Å². The molecule has 7 nitrogen and oxygen atoms in total. The summed E-state index contributed by atoms with van der Waals surface area (Å²) in [5, 5.41) is 2.84. The van der Waals surface area contributed by atoms with E-state index in [0.29, 0.717) is 11.7 Å². The number of rotatable bonds is 5. The lowest BCUT2D eigenvalue weighted by molar-refractivity contribution is -0.120. The molecule has 2 rings (SSSR count). The average Bonchev–Trinajstić information content (AvgIpc) is 2.78. The largest absolute Gasteiger partial charge is 0.352 e. The summed E-state index contributed by atoms with van der Waals surface area (Å²) in [5.41, 5.74) is 0. The second kappa shape index (κ2) is 6.78. The molecule has 8 heteroatoms. The van der Waals surface area contributed by atoms with Crippen molar-refractivity contribution >= 4 is 15.9 Å². The fraction of sp³-hybridized carbons (Fsp3) is 0.714. The van der Waals surface area contributed by atoms with Crippen molar-refractivity contribution in [3.8, 4) is 0 Å². The van der Waals surface area contributed by atoms with Gasteiger partial charge in [0.25, 0.3) is 10.0 Å². The van der Waals surface area contributed by atoms with Crippen LogP contribution in [0.3, 0.4) is 0 Å². The van der Waals surface area contributed by atoms with E-state index < -0.39 is 10.0 Å². The van der Waals surface area contributed by atoms with Crippen molar-refractivity contribution in [2.75, 3.05) is 6.54 Å². The van der Waals surface area contributed by atoms with Crippen LogP contribution in [0.15, 0.2) is 11.2 Å². The Labute approximate surface area is 131 Å². The first-order chi connectivity index (χ1) is 10.3. The van der Waals surface area contributed by atoms with Crippen LogP contribution >= 0.6 is 0 Å². The third-order valence-electron chi connectivity index (χ3n) is 4.09. The van der Waals surface area contributed by atoms with Crippen molar-refractivity contribution in [1.29, 1.82) is 0 Å². The molecular weight excluding hydrogens is 304 g/mol. The summed E-state index contributed by atoms with van der Waals surface area (Å²) < 4.78 is 28.1. The first kappa shape index (κ1) is 17.0. The van der Waals surface area contributed by atoms with Gasteiger partial charge < -0.3 is 9.88 Å². The molecule has 0 aromatic carbocycles. The quantitative estimate of drug-likeness (QED) is 0.832. The van der Waals surface area contributed by atoms with E-state index >= 15 is 0 Å². The molecule has 2 N–H and O–H groups in total. The number of carbonyl (C=O) groups is 1. The van der Waals surface area contributed by atoms with Crippen molar-refractivity contribution in [2.24, 2.45) is 13.0 Å². The molecule has 0 aliphatic heterocycles. The number of aromatic nitrogens is 2. The minimum Gasteiger partial charge on any atom is -0.352 e. The van der Waals surface area contributed by atoms with Gasteiger partial charge in [0.2, 0.25) is 5.91 Å². The Morgan fingerprint density at radius 1 is 1.45 bits per heavy atom. The molecule has 0 spiro atoms. The molecular formula is C14H24N4O3S. The van der Waals surface area contributed by atoms with Crippen LogP contribution in [0.2, 0.25) is 0 Å². The summed E-state index contributed by atoms with van der Waals surface area (Å²) in [6.07, 6.45) is 5.64. The first-order valence-corrected chi connectivity index (χ1v) is 9.05. The molecule has 0 saturated heterocycles. The summed E-state index contributed by atoms with van der Waals surface area (Å²) in [7, 11) is -2.03. The van der Waals surface area contributed by atoms with Gasteiger partial charge >= 0.3 is 0 Å². The summed E-state index contributed by atoms with van der Waals surface area (Å²) in [6.45, 7) is 3.63. The predicted octanol–water partition coefficient (Wildman–Crippen LogP) is 0.702. The van der Waals surface area contributed by atoms with Crippen LogP contribution in [0, 0.1) is 12.8 Å². The second-order valence-corrected chi connectivity index (χ2v) is 7.81. The third-order valence-corrected chi connectivity index (χ3v) is 5.36. The van der Waals surface area contributed by atoms with E-state index in [1.165, 1.54) is 12.6 Å². The van der Waals surface area contributed by atoms with Gasteiger partial charge in [0.1, 0.15) is 5.82 Å². The Morgan fingerprint density at radius 2 is 2.18 bits per heavy atom. The topological polar surface area (TPSA) is 93.1 Å². The third kappa shape index (κ3) is 4.30. The number of hydrogen-bond acceptors (Lipinski definition) is 4. The van der Waals surface area contributed by atoms with E-state index in [0.717, 1.165) is 19.3 Å². The summed E-state index contributed by atoms with van der Waals surface area (Å²) in [5.74, 6) is 0.906. The average molecular weight is 328 g/mol. The van der Waals surface area contributed by atoms with E-state index in [2.05, 4.69) is 21.9 Å². The molecule has 2 atom stereocenters. The van der Waals surface area contributed by atoms with Gasteiger partial charge in [0.15, 0.2) is 5.03 Å². The molecule has 1 aliphatic carbocycles. The van der Waals surface area contributed by atoms with Gasteiger partial charge in [-0.3, -0.25) is 4.79 Å². The highest BCUT2D eigenvalue weighted by molar-refractivity contribution is 7.89. The van der Waals surface area contributed by atoms with Crippen molar-refractivity contribution in [3.05, 3.63) is 12.0 Å². The molecule has 1 amide bonds. The zero-order valence-electron chi connectivity index (χ0n) is 13.3. The monoisotopic (exact) mass is 328 g/mol. The van der Waals surface area contributed by atoms with Gasteiger partial charge in [-0.1, -0.05) is 19.8 Å². The summed E-state index contributed by atoms with van der Waals surface area (Å²) in [4.78, 5) is 15.9. The highest BCUT2D eigenvalue weighted by Crippen LogP contribution is 2.23. The zero-order chi connectivity index (χ0) is 16.3. The molecule has 1 saturated carbocycles. The van der Waals surface area contributed by atoms with Crippen molar-refractivity contribution in [3.63, 3.8) is 0 Å². The lowest BCUT2D eigenvalue weighted by atomic mass is 9.87. The van der Waals surface area contributed by atoms with E-state index in [1.54, 1.807) is 18.5 Å². The van der Waals surface area contributed by atoms with Crippen LogP contribution in [-0.4, -0.2) is 36.5 Å². The molecule has 1 heterocycles. The van der Waals surface area contributed by atoms with Crippen LogP contribution in [0.1, 0.15) is 38.4 Å². The van der Waals surface area contributed by atoms with Gasteiger partial charge in [0.05, 0.1) is 6.54 Å². The fourth-order valence-electron chi connectivity index (χ4n) is 2.73. The molecule has 0 radical (unpaired) electrons. The Morgan fingerprint density at radius 3 is 2.77 bits per heavy atom. The molecule has 1 aromatic heterocycles. The number of nitrogens with one attached hydrogen (secondary N) is 2. The van der Waals surface area contributed by atoms with Gasteiger partial charge in [-0.15, -0.1) is 0 Å². The molecule has 1 aliphatic rings. The number of sulfonamides is 1. The Balaban J connectivity index is 1.87. The van der Waals surface area contributed by atoms with E-state index in [4.69, 9.17) is 0 Å². The standard InChI is InChI=1S/C14H24N4O3S/c1-10-5-4-6-12(7-10)17-13(19)8-15-22(20,21)14-9-18(3)11(2)16-14/h9-10,12,15H,4-8H2,1-3H3,(H,17,19). The predicted molar refractivity (Wildman–Crippen MR) is 82.7 cm³/mol. The Bertz CT molecular complexity index is 619. The highest BCUT2D eigenvalue weighted by atomic mass is 32.2. The Hall–Kier alpha value is -1.41. The van der Waals surface area contributed by atoms with Gasteiger partial charge in [0, 0.05) is 19.3 Å². The molecule has 2 unspecified atom stereocenters. The van der Waals surface area contributed by atoms with E-state index in [1.807, 2.05) is 0 Å². The maximum absolute atomic E-state index is 12.1. The minimum absolute atomic E-state index is 0.0633. The lowest BCUT2D eigenvalue weighted by Gasteiger charge is -2.27. The van der Waals surface area contributed by atoms with Crippen LogP contribution < -0.4 is 10.0 Å². The summed E-state index contributed by atoms with van der Waals surface area (Å²) in [6, 6.07) is 0.151. The summed E-state index contributed by atoms with van der Waals surface area (Å²) >= 11 is 0. The number of carbonyl (C=O) groups excluding carboxylic acids is 1. The number of aryl methyl sites for hydroxylation is 2. The second-order valence-electron chi connectivity index (χ2n) is 6.10. The number of imidazole rings is 1. The number of nitrogens with zero attached hydrogens (tertiary/aromatic N) is 2. The molecule has 1 fully saturated rings. The highest BCUT2D eigenvalue weighted by Gasteiger charge is 2.22. The van der Waals surface area contributed by atoms with Crippen molar-refractivity contribution in [2.45, 2.75) is 50.6 Å². The van der Waals surface area contributed by atoms with Gasteiger partial charge in [-0.05, 0) is 25.7 Å². The first-order valence-electron chi connectivity index (χ1n) is 7.57. The molecule has 0 bridgehead atoms. The van der Waals surface area contributed by atoms with Crippen LogP contribution in [0.5, 0.6) is 0 Å². The maximum atomic E-state index is 12.1. The smallest absolute Gasteiger partial charge is 0.260 e. The molecule has 124 valence electrons. The molecule has 1 aromatic rings. The Kier molecular flexibility index (Phi) is 5.23. The van der Waals surface area contributed by atoms with Crippen molar-refractivity contribution in [1.82, 2.24) is 19.6 Å². The normalized spacial score (nSPS) is 22.5. The van der Waals surface area contributed by atoms with Crippen LogP contribution in [0.25, 0.3) is 0 Å². The fourth-order valence-corrected chi connectivity index (χ4v) is 3.75. The number of amides is 1. The maximum Gasteiger partial charge on any atom is 0.260 e. The SMILES string of the molecule is Cc1nc(S(=O)(=O)NCC(=O)NC2CCCC(C)C2)cn1C. The van der Waals surface area contributed by atoms with Crippen molar-refractivity contribution < 1.29 is 13.2 Å². The zero-order valence-corrected chi connectivity index (χ0v) is 14.1. The minimum atomic E-state index is -3.75. The van der Waals surface area contributed by atoms with Crippen LogP contribution in [-0.2, 0) is 21.9 Å².